The van der Waals surface area contributed by atoms with Crippen LogP contribution in [-0.4, -0.2) is 28.0 Å². The molecule has 0 bridgehead atoms. The zero-order valence-electron chi connectivity index (χ0n) is 22.1. The number of amides is 2. The van der Waals surface area contributed by atoms with Crippen molar-refractivity contribution in [3.63, 3.8) is 0 Å². The number of carbonyl (C=O) groups is 1. The Bertz CT molecular complexity index is 1340. The molecule has 1 aliphatic heterocycles. The molecule has 7 nitrogen and oxygen atoms in total. The highest BCUT2D eigenvalue weighted by atomic mass is 32.2. The summed E-state index contributed by atoms with van der Waals surface area (Å²) in [6.45, 7) is 0.902. The Balaban J connectivity index is 1.21. The maximum absolute atomic E-state index is 12.2. The van der Waals surface area contributed by atoms with Crippen molar-refractivity contribution in [1.29, 1.82) is 0 Å². The fourth-order valence-electron chi connectivity index (χ4n) is 4.45. The van der Waals surface area contributed by atoms with Crippen molar-refractivity contribution in [2.24, 2.45) is 0 Å². The van der Waals surface area contributed by atoms with E-state index in [4.69, 9.17) is 9.47 Å². The van der Waals surface area contributed by atoms with Crippen LogP contribution in [0.2, 0.25) is 0 Å². The van der Waals surface area contributed by atoms with Crippen LogP contribution in [0.1, 0.15) is 46.6 Å². The number of hydrogen-bond acceptors (Lipinski definition) is 6. The van der Waals surface area contributed by atoms with Crippen LogP contribution in [0, 0.1) is 0 Å². The molecule has 3 aromatic carbocycles. The van der Waals surface area contributed by atoms with Crippen molar-refractivity contribution < 1.29 is 19.4 Å². The quantitative estimate of drug-likeness (QED) is 0.211. The highest BCUT2D eigenvalue weighted by Crippen LogP contribution is 2.39. The smallest absolute Gasteiger partial charge is 0.315 e. The first kappa shape index (κ1) is 27.9. The first-order valence-corrected chi connectivity index (χ1v) is 14.3. The number of nitrogens with zero attached hydrogens (tertiary/aromatic N) is 1. The average molecular weight is 556 g/mol. The molecule has 1 saturated heterocycles. The Kier molecular flexibility index (Phi) is 9.82. The molecule has 0 spiro atoms. The predicted molar refractivity (Wildman–Crippen MR) is 155 cm³/mol. The van der Waals surface area contributed by atoms with Gasteiger partial charge in [-0.05, 0) is 34.4 Å². The summed E-state index contributed by atoms with van der Waals surface area (Å²) in [6.07, 6.45) is 1.81. The second-order valence-electron chi connectivity index (χ2n) is 9.59. The maximum Gasteiger partial charge on any atom is 0.315 e. The number of urea groups is 1. The highest BCUT2D eigenvalue weighted by Gasteiger charge is 2.32. The molecule has 8 heteroatoms. The predicted octanol–water partition coefficient (Wildman–Crippen LogP) is 5.91. The molecule has 206 valence electrons. The molecule has 1 fully saturated rings. The molecule has 0 radical (unpaired) electrons. The number of carbonyl (C=O) groups excluding carboxylic acids is 1. The largest absolute Gasteiger partial charge is 0.392 e. The van der Waals surface area contributed by atoms with E-state index < -0.39 is 6.29 Å². The summed E-state index contributed by atoms with van der Waals surface area (Å²) in [6, 6.07) is 31.3. The third-order valence-electron chi connectivity index (χ3n) is 6.67. The van der Waals surface area contributed by atoms with Gasteiger partial charge in [0.15, 0.2) is 6.29 Å². The number of hydrogen-bond donors (Lipinski definition) is 3. The summed E-state index contributed by atoms with van der Waals surface area (Å²) in [5, 5.41) is 16.2. The number of thioether (sulfide) groups is 1. The minimum atomic E-state index is -0.526. The van der Waals surface area contributed by atoms with Crippen LogP contribution in [0.25, 0.3) is 0 Å². The molecule has 2 heterocycles. The van der Waals surface area contributed by atoms with Gasteiger partial charge in [-0.2, -0.15) is 0 Å². The van der Waals surface area contributed by atoms with Gasteiger partial charge in [-0.15, -0.1) is 11.8 Å². The zero-order chi connectivity index (χ0) is 27.6. The first-order valence-electron chi connectivity index (χ1n) is 13.3. The van der Waals surface area contributed by atoms with Crippen molar-refractivity contribution >= 4 is 17.8 Å². The Labute approximate surface area is 239 Å². The highest BCUT2D eigenvalue weighted by molar-refractivity contribution is 7.99. The van der Waals surface area contributed by atoms with Gasteiger partial charge in [-0.3, -0.25) is 0 Å². The van der Waals surface area contributed by atoms with Gasteiger partial charge in [0.1, 0.15) is 0 Å². The number of aromatic nitrogens is 1. The standard InChI is InChI=1S/C32H33N3O4S/c36-21-25-11-13-26(14-12-25)29-18-28(22-40-30-8-4-5-17-33-30)38-31(39-29)27-15-9-24(10-16-27)20-35-32(37)34-19-23-6-2-1-3-7-23/h1-17,28-29,31,36H,18-22H2,(H2,34,35,37)/t28-,29+,31+/m1/s1. The summed E-state index contributed by atoms with van der Waals surface area (Å²) < 4.78 is 12.8. The molecule has 5 rings (SSSR count). The fourth-order valence-corrected chi connectivity index (χ4v) is 5.33. The van der Waals surface area contributed by atoms with Gasteiger partial charge in [0.2, 0.25) is 0 Å². The number of ether oxygens (including phenoxy) is 2. The number of benzene rings is 3. The molecule has 0 aliphatic carbocycles. The van der Waals surface area contributed by atoms with E-state index in [9.17, 15) is 9.90 Å². The molecule has 3 N–H and O–H groups in total. The number of rotatable bonds is 10. The third kappa shape index (κ3) is 7.92. The number of aliphatic hydroxyl groups excluding tert-OH is 1. The van der Waals surface area contributed by atoms with Crippen LogP contribution >= 0.6 is 11.8 Å². The van der Waals surface area contributed by atoms with Gasteiger partial charge in [-0.25, -0.2) is 9.78 Å². The van der Waals surface area contributed by atoms with Crippen LogP contribution in [0.15, 0.2) is 108 Å². The van der Waals surface area contributed by atoms with E-state index in [1.165, 1.54) is 0 Å². The van der Waals surface area contributed by atoms with Gasteiger partial charge >= 0.3 is 6.03 Å². The minimum absolute atomic E-state index is 0.0107. The Morgan fingerprint density at radius 2 is 1.45 bits per heavy atom. The van der Waals surface area contributed by atoms with Gasteiger partial charge in [0, 0.05) is 37.0 Å². The van der Waals surface area contributed by atoms with Gasteiger partial charge in [-0.1, -0.05) is 84.9 Å². The monoisotopic (exact) mass is 555 g/mol. The fraction of sp³-hybridized carbons (Fsp3) is 0.250. The molecule has 0 unspecified atom stereocenters. The molecule has 1 aliphatic rings. The minimum Gasteiger partial charge on any atom is -0.392 e. The van der Waals surface area contributed by atoms with E-state index in [0.717, 1.165) is 45.0 Å². The van der Waals surface area contributed by atoms with E-state index >= 15 is 0 Å². The van der Waals surface area contributed by atoms with Crippen molar-refractivity contribution in [3.8, 4) is 0 Å². The zero-order valence-corrected chi connectivity index (χ0v) is 22.9. The Hall–Kier alpha value is -3.69. The molecular weight excluding hydrogens is 522 g/mol. The Morgan fingerprint density at radius 1 is 0.800 bits per heavy atom. The summed E-state index contributed by atoms with van der Waals surface area (Å²) in [4.78, 5) is 16.7. The maximum atomic E-state index is 12.2. The van der Waals surface area contributed by atoms with Crippen LogP contribution in [0.3, 0.4) is 0 Å². The summed E-state index contributed by atoms with van der Waals surface area (Å²) in [5.41, 5.74) is 4.87. The lowest BCUT2D eigenvalue weighted by Gasteiger charge is -2.36. The lowest BCUT2D eigenvalue weighted by Crippen LogP contribution is -2.34. The summed E-state index contributed by atoms with van der Waals surface area (Å²) >= 11 is 1.67. The van der Waals surface area contributed by atoms with E-state index in [1.54, 1.807) is 18.0 Å². The second kappa shape index (κ2) is 14.1. The van der Waals surface area contributed by atoms with E-state index in [-0.39, 0.29) is 24.8 Å². The second-order valence-corrected chi connectivity index (χ2v) is 10.6. The van der Waals surface area contributed by atoms with Crippen molar-refractivity contribution in [2.45, 2.75) is 49.6 Å². The lowest BCUT2D eigenvalue weighted by molar-refractivity contribution is -0.245. The number of pyridine rings is 1. The molecule has 1 aromatic heterocycles. The third-order valence-corrected chi connectivity index (χ3v) is 7.75. The number of nitrogens with one attached hydrogen (secondary N) is 2. The first-order chi connectivity index (χ1) is 19.7. The van der Waals surface area contributed by atoms with Crippen molar-refractivity contribution in [2.75, 3.05) is 5.75 Å². The van der Waals surface area contributed by atoms with E-state index in [1.807, 2.05) is 97.1 Å². The van der Waals surface area contributed by atoms with E-state index in [2.05, 4.69) is 15.6 Å². The molecule has 3 atom stereocenters. The van der Waals surface area contributed by atoms with Crippen LogP contribution in [0.5, 0.6) is 0 Å². The molecule has 4 aromatic rings. The normalized spacial score (nSPS) is 18.7. The summed E-state index contributed by atoms with van der Waals surface area (Å²) in [7, 11) is 0. The van der Waals surface area contributed by atoms with Crippen molar-refractivity contribution in [3.05, 3.63) is 131 Å². The van der Waals surface area contributed by atoms with Gasteiger partial charge in [0.05, 0.1) is 23.8 Å². The van der Waals surface area contributed by atoms with Crippen molar-refractivity contribution in [1.82, 2.24) is 15.6 Å². The average Bonchev–Trinajstić information content (AvgIpc) is 3.03. The van der Waals surface area contributed by atoms with E-state index in [0.29, 0.717) is 13.1 Å². The Morgan fingerprint density at radius 3 is 2.12 bits per heavy atom. The lowest BCUT2D eigenvalue weighted by atomic mass is 10.0. The summed E-state index contributed by atoms with van der Waals surface area (Å²) in [5.74, 6) is 0.752. The molecular formula is C32H33N3O4S. The van der Waals surface area contributed by atoms with Gasteiger partial charge < -0.3 is 25.2 Å². The topological polar surface area (TPSA) is 92.7 Å². The van der Waals surface area contributed by atoms with Gasteiger partial charge in [0.25, 0.3) is 0 Å². The number of aliphatic hydroxyl groups is 1. The molecule has 2 amide bonds. The van der Waals surface area contributed by atoms with Crippen LogP contribution in [0.4, 0.5) is 4.79 Å². The molecule has 40 heavy (non-hydrogen) atoms. The van der Waals surface area contributed by atoms with Crippen LogP contribution < -0.4 is 10.6 Å². The van der Waals surface area contributed by atoms with Crippen LogP contribution in [-0.2, 0) is 29.2 Å². The SMILES string of the molecule is O=C(NCc1ccccc1)NCc1ccc([C@H]2O[C@@H](CSc3ccccn3)C[C@@H](c3ccc(CO)cc3)O2)cc1. The molecule has 0 saturated carbocycles.